The minimum Gasteiger partial charge on any atom is -0.393 e. The molecule has 0 radical (unpaired) electrons. The van der Waals surface area contributed by atoms with Crippen molar-refractivity contribution in [3.05, 3.63) is 46.2 Å². The second-order valence-corrected chi connectivity index (χ2v) is 4.93. The van der Waals surface area contributed by atoms with Gasteiger partial charge < -0.3 is 20.5 Å². The number of aliphatic hydroxyl groups is 2. The number of carbonyl (C=O) groups is 1. The molecule has 1 amide bonds. The van der Waals surface area contributed by atoms with Crippen LogP contribution in [-0.4, -0.2) is 39.9 Å². The quantitative estimate of drug-likeness (QED) is 0.631. The Hall–Kier alpha value is -2.18. The Balaban J connectivity index is 2.33. The van der Waals surface area contributed by atoms with Crippen LogP contribution in [-0.2, 0) is 0 Å². The van der Waals surface area contributed by atoms with Crippen LogP contribution in [0.2, 0.25) is 0 Å². The molecule has 2 aromatic rings. The number of carbonyl (C=O) groups excluding carboxylic acids is 1. The fourth-order valence-corrected chi connectivity index (χ4v) is 1.81. The molecule has 0 bridgehead atoms. The van der Waals surface area contributed by atoms with Crippen LogP contribution in [0.4, 0.5) is 0 Å². The van der Waals surface area contributed by atoms with E-state index in [0.29, 0.717) is 10.9 Å². The summed E-state index contributed by atoms with van der Waals surface area (Å²) in [5.74, 6) is -0.471. The highest BCUT2D eigenvalue weighted by molar-refractivity contribution is 6.05. The van der Waals surface area contributed by atoms with Crippen LogP contribution in [0.15, 0.2) is 35.1 Å². The number of aromatic amines is 1. The molecule has 1 unspecified atom stereocenters. The maximum atomic E-state index is 12.1. The molecule has 2 rings (SSSR count). The summed E-state index contributed by atoms with van der Waals surface area (Å²) in [6.07, 6.45) is 0. The van der Waals surface area contributed by atoms with Crippen molar-refractivity contribution >= 4 is 16.8 Å². The summed E-state index contributed by atoms with van der Waals surface area (Å²) in [7, 11) is 0. The number of fused-ring (bicyclic) bond motifs is 1. The number of aliphatic hydroxyl groups excluding tert-OH is 1. The van der Waals surface area contributed by atoms with Gasteiger partial charge in [-0.1, -0.05) is 18.2 Å². The van der Waals surface area contributed by atoms with Crippen LogP contribution in [0.25, 0.3) is 10.9 Å². The molecule has 4 N–H and O–H groups in total. The predicted molar refractivity (Wildman–Crippen MR) is 74.6 cm³/mol. The van der Waals surface area contributed by atoms with Crippen molar-refractivity contribution in [2.45, 2.75) is 12.5 Å². The third-order valence-corrected chi connectivity index (χ3v) is 2.97. The lowest BCUT2D eigenvalue weighted by Crippen LogP contribution is -2.43. The Kier molecular flexibility index (Phi) is 3.87. The molecule has 1 atom stereocenters. The molecule has 1 heterocycles. The lowest BCUT2D eigenvalue weighted by atomic mass is 10.1. The molecule has 0 aliphatic rings. The number of rotatable bonds is 4. The Morgan fingerprint density at radius 3 is 2.80 bits per heavy atom. The van der Waals surface area contributed by atoms with Crippen molar-refractivity contribution in [2.75, 3.05) is 13.2 Å². The number of H-pyrrole nitrogens is 1. The van der Waals surface area contributed by atoms with Gasteiger partial charge in [0.2, 0.25) is 5.56 Å². The second-order valence-electron chi connectivity index (χ2n) is 4.93. The minimum atomic E-state index is -1.40. The molecule has 1 aromatic carbocycles. The van der Waals surface area contributed by atoms with Gasteiger partial charge in [0.1, 0.15) is 5.60 Å². The van der Waals surface area contributed by atoms with Crippen LogP contribution in [0.3, 0.4) is 0 Å². The van der Waals surface area contributed by atoms with E-state index in [-0.39, 0.29) is 17.7 Å². The Bertz CT molecular complexity index is 691. The third-order valence-electron chi connectivity index (χ3n) is 2.97. The number of hydrogen-bond donors (Lipinski definition) is 4. The van der Waals surface area contributed by atoms with E-state index in [4.69, 9.17) is 5.11 Å². The molecule has 106 valence electrons. The molecule has 0 aliphatic heterocycles. The number of amides is 1. The average molecular weight is 276 g/mol. The van der Waals surface area contributed by atoms with Crippen molar-refractivity contribution < 1.29 is 15.0 Å². The zero-order chi connectivity index (χ0) is 14.8. The second kappa shape index (κ2) is 5.44. The van der Waals surface area contributed by atoms with Gasteiger partial charge in [-0.25, -0.2) is 0 Å². The van der Waals surface area contributed by atoms with Gasteiger partial charge in [0.25, 0.3) is 5.91 Å². The largest absolute Gasteiger partial charge is 0.393 e. The molecule has 0 fully saturated rings. The van der Waals surface area contributed by atoms with Crippen molar-refractivity contribution in [1.29, 1.82) is 0 Å². The summed E-state index contributed by atoms with van der Waals surface area (Å²) in [6.45, 7) is 0.829. The van der Waals surface area contributed by atoms with Crippen LogP contribution in [0.5, 0.6) is 0 Å². The van der Waals surface area contributed by atoms with Crippen LogP contribution in [0.1, 0.15) is 17.3 Å². The lowest BCUT2D eigenvalue weighted by molar-refractivity contribution is 0.00321. The number of aromatic nitrogens is 1. The van der Waals surface area contributed by atoms with Gasteiger partial charge in [0.05, 0.1) is 12.2 Å². The van der Waals surface area contributed by atoms with E-state index in [1.54, 1.807) is 24.3 Å². The SMILES string of the molecule is CC(O)(CO)CNC(=O)c1cc(=O)[nH]c2ccccc12. The van der Waals surface area contributed by atoms with Gasteiger partial charge in [0, 0.05) is 23.5 Å². The Morgan fingerprint density at radius 1 is 1.40 bits per heavy atom. The van der Waals surface area contributed by atoms with Gasteiger partial charge >= 0.3 is 0 Å². The van der Waals surface area contributed by atoms with Crippen molar-refractivity contribution in [2.24, 2.45) is 0 Å². The molecule has 0 saturated heterocycles. The Labute approximate surface area is 115 Å². The number of pyridine rings is 1. The van der Waals surface area contributed by atoms with Crippen molar-refractivity contribution in [1.82, 2.24) is 10.3 Å². The van der Waals surface area contributed by atoms with Crippen LogP contribution >= 0.6 is 0 Å². The van der Waals surface area contributed by atoms with E-state index >= 15 is 0 Å². The highest BCUT2D eigenvalue weighted by Crippen LogP contribution is 2.14. The van der Waals surface area contributed by atoms with Crippen molar-refractivity contribution in [3.8, 4) is 0 Å². The van der Waals surface area contributed by atoms with E-state index in [2.05, 4.69) is 10.3 Å². The summed E-state index contributed by atoms with van der Waals surface area (Å²) >= 11 is 0. The highest BCUT2D eigenvalue weighted by atomic mass is 16.3. The summed E-state index contributed by atoms with van der Waals surface area (Å²) in [5.41, 5.74) is -0.966. The maximum absolute atomic E-state index is 12.1. The van der Waals surface area contributed by atoms with Crippen LogP contribution in [0, 0.1) is 0 Å². The van der Waals surface area contributed by atoms with Gasteiger partial charge in [-0.05, 0) is 13.0 Å². The summed E-state index contributed by atoms with van der Waals surface area (Å²) in [4.78, 5) is 26.3. The number of hydrogen-bond acceptors (Lipinski definition) is 4. The third kappa shape index (κ3) is 3.04. The molecule has 1 aromatic heterocycles. The number of nitrogens with one attached hydrogen (secondary N) is 2. The molecule has 0 spiro atoms. The molecule has 6 nitrogen and oxygen atoms in total. The summed E-state index contributed by atoms with van der Waals surface area (Å²) in [5, 5.41) is 21.7. The zero-order valence-corrected chi connectivity index (χ0v) is 11.0. The van der Waals surface area contributed by atoms with Gasteiger partial charge in [0.15, 0.2) is 0 Å². The fraction of sp³-hybridized carbons (Fsp3) is 0.286. The fourth-order valence-electron chi connectivity index (χ4n) is 1.81. The molecule has 0 saturated carbocycles. The first-order chi connectivity index (χ1) is 9.43. The first kappa shape index (κ1) is 14.2. The van der Waals surface area contributed by atoms with Gasteiger partial charge in [-0.3, -0.25) is 9.59 Å². The standard InChI is InChI=1S/C14H16N2O4/c1-14(20,8-17)7-15-13(19)10-6-12(18)16-11-5-3-2-4-9(10)11/h2-6,17,20H,7-8H2,1H3,(H,15,19)(H,16,18). The Morgan fingerprint density at radius 2 is 2.10 bits per heavy atom. The normalized spacial score (nSPS) is 13.9. The van der Waals surface area contributed by atoms with E-state index < -0.39 is 18.1 Å². The van der Waals surface area contributed by atoms with Crippen LogP contribution < -0.4 is 10.9 Å². The van der Waals surface area contributed by atoms with E-state index in [0.717, 1.165) is 0 Å². The smallest absolute Gasteiger partial charge is 0.252 e. The molecule has 6 heteroatoms. The van der Waals surface area contributed by atoms with Gasteiger partial charge in [-0.15, -0.1) is 0 Å². The highest BCUT2D eigenvalue weighted by Gasteiger charge is 2.21. The molecular weight excluding hydrogens is 260 g/mol. The minimum absolute atomic E-state index is 0.108. The maximum Gasteiger partial charge on any atom is 0.252 e. The first-order valence-corrected chi connectivity index (χ1v) is 6.16. The van der Waals surface area contributed by atoms with E-state index in [1.165, 1.54) is 13.0 Å². The summed E-state index contributed by atoms with van der Waals surface area (Å²) < 4.78 is 0. The van der Waals surface area contributed by atoms with Gasteiger partial charge in [-0.2, -0.15) is 0 Å². The predicted octanol–water partition coefficient (Wildman–Crippen LogP) is 0.00120. The number of para-hydroxylation sites is 1. The molecular formula is C14H16N2O4. The molecule has 20 heavy (non-hydrogen) atoms. The van der Waals surface area contributed by atoms with E-state index in [1.807, 2.05) is 0 Å². The topological polar surface area (TPSA) is 102 Å². The zero-order valence-electron chi connectivity index (χ0n) is 11.0. The van der Waals surface area contributed by atoms with E-state index in [9.17, 15) is 14.7 Å². The first-order valence-electron chi connectivity index (χ1n) is 6.16. The number of benzene rings is 1. The average Bonchev–Trinajstić information content (AvgIpc) is 2.44. The molecule has 0 aliphatic carbocycles. The summed E-state index contributed by atoms with van der Waals surface area (Å²) in [6, 6.07) is 8.17. The lowest BCUT2D eigenvalue weighted by Gasteiger charge is -2.20. The van der Waals surface area contributed by atoms with Crippen molar-refractivity contribution in [3.63, 3.8) is 0 Å². The monoisotopic (exact) mass is 276 g/mol.